The number of rotatable bonds is 3. The average molecular weight is 402 g/mol. The van der Waals surface area contributed by atoms with E-state index < -0.39 is 40.2 Å². The summed E-state index contributed by atoms with van der Waals surface area (Å²) in [6, 6.07) is 0. The van der Waals surface area contributed by atoms with Crippen LogP contribution < -0.4 is 0 Å². The first-order chi connectivity index (χ1) is 7.70. The van der Waals surface area contributed by atoms with Crippen LogP contribution in [0.15, 0.2) is 9.66 Å². The quantitative estimate of drug-likeness (QED) is 0.563. The van der Waals surface area contributed by atoms with E-state index in [1.54, 1.807) is 0 Å². The summed E-state index contributed by atoms with van der Waals surface area (Å²) in [6.45, 7) is -1.31. The fourth-order valence-electron chi connectivity index (χ4n) is 0.818. The van der Waals surface area contributed by atoms with E-state index in [1.807, 2.05) is 0 Å². The minimum absolute atomic E-state index is 0.809. The fraction of sp³-hybridized carbons (Fsp3) is 0.714. The Bertz CT molecular complexity index is 331. The second kappa shape index (κ2) is 5.06. The van der Waals surface area contributed by atoms with Crippen LogP contribution in [0, 0.1) is 0 Å². The monoisotopic (exact) mass is 402 g/mol. The van der Waals surface area contributed by atoms with Crippen molar-refractivity contribution in [2.75, 3.05) is 6.61 Å². The number of hydrogen-bond donors (Lipinski definition) is 1. The zero-order chi connectivity index (χ0) is 15.0. The lowest BCUT2D eigenvalue weighted by Crippen LogP contribution is -2.61. The molecule has 0 saturated heterocycles. The van der Waals surface area contributed by atoms with Crippen molar-refractivity contribution in [1.82, 2.24) is 0 Å². The molecule has 0 aliphatic rings. The Kier molecular flexibility index (Phi) is 5.00. The Labute approximate surface area is 108 Å². The molecular formula is C7H4F9IO. The van der Waals surface area contributed by atoms with E-state index >= 15 is 0 Å². The molecule has 1 atom stereocenters. The summed E-state index contributed by atoms with van der Waals surface area (Å²) in [4.78, 5) is 0. The Morgan fingerprint density at radius 1 is 0.889 bits per heavy atom. The normalized spacial score (nSPS) is 18.7. The highest BCUT2D eigenvalue weighted by Gasteiger charge is 2.80. The second-order valence-corrected chi connectivity index (χ2v) is 4.42. The maximum Gasteiger partial charge on any atom is 0.457 e. The maximum absolute atomic E-state index is 13.2. The van der Waals surface area contributed by atoms with Crippen molar-refractivity contribution in [2.45, 2.75) is 23.9 Å². The molecule has 11 heteroatoms. The van der Waals surface area contributed by atoms with Gasteiger partial charge in [-0.3, -0.25) is 0 Å². The lowest BCUT2D eigenvalue weighted by atomic mass is 9.95. The van der Waals surface area contributed by atoms with Gasteiger partial charge in [0.25, 0.3) is 5.67 Å². The molecule has 0 radical (unpaired) electrons. The molecule has 0 aliphatic carbocycles. The molecule has 0 rings (SSSR count). The molecule has 0 aromatic rings. The summed E-state index contributed by atoms with van der Waals surface area (Å²) in [5, 5.41) is 8.30. The molecule has 0 aliphatic heterocycles. The summed E-state index contributed by atoms with van der Waals surface area (Å²) < 4.78 is 109. The van der Waals surface area contributed by atoms with Gasteiger partial charge >= 0.3 is 18.3 Å². The predicted molar refractivity (Wildman–Crippen MR) is 50.1 cm³/mol. The van der Waals surface area contributed by atoms with Crippen LogP contribution in [-0.4, -0.2) is 35.7 Å². The number of alkyl halides is 9. The molecule has 0 amide bonds. The Balaban J connectivity index is 5.97. The minimum Gasteiger partial charge on any atom is -0.391 e. The minimum atomic E-state index is -6.74. The standard InChI is InChI=1S/C7H4F9IO/c8-4(6(11,12)13,1-3(17)2-18)5(9,10)7(14,15)16/h1,18H,2H2/b3-1+. The van der Waals surface area contributed by atoms with Gasteiger partial charge in [0.1, 0.15) is 0 Å². The molecule has 0 heterocycles. The molecule has 1 unspecified atom stereocenters. The summed E-state index contributed by atoms with van der Waals surface area (Å²) in [5.74, 6) is -6.68. The van der Waals surface area contributed by atoms with E-state index in [2.05, 4.69) is 0 Å². The molecule has 1 N–H and O–H groups in total. The van der Waals surface area contributed by atoms with Crippen molar-refractivity contribution in [3.05, 3.63) is 9.66 Å². The number of hydrogen-bond acceptors (Lipinski definition) is 1. The molecule has 0 fully saturated rings. The van der Waals surface area contributed by atoms with Crippen LogP contribution in [0.25, 0.3) is 0 Å². The van der Waals surface area contributed by atoms with Crippen molar-refractivity contribution < 1.29 is 44.6 Å². The van der Waals surface area contributed by atoms with Crippen molar-refractivity contribution in [2.24, 2.45) is 0 Å². The summed E-state index contributed by atoms with van der Waals surface area (Å²) in [5.41, 5.74) is -5.95. The fourth-order valence-corrected chi connectivity index (χ4v) is 1.25. The van der Waals surface area contributed by atoms with Gasteiger partial charge in [0.2, 0.25) is 0 Å². The van der Waals surface area contributed by atoms with Gasteiger partial charge in [0.05, 0.1) is 6.61 Å². The van der Waals surface area contributed by atoms with Gasteiger partial charge in [-0.15, -0.1) is 0 Å². The number of allylic oxidation sites excluding steroid dienone is 1. The second-order valence-electron chi connectivity index (χ2n) is 3.03. The van der Waals surface area contributed by atoms with Gasteiger partial charge in [0, 0.05) is 3.58 Å². The Morgan fingerprint density at radius 3 is 1.50 bits per heavy atom. The first-order valence-electron chi connectivity index (χ1n) is 3.89. The number of aliphatic hydroxyl groups excluding tert-OH is 1. The van der Waals surface area contributed by atoms with Crippen LogP contribution in [0.4, 0.5) is 39.5 Å². The number of halogens is 10. The molecule has 0 spiro atoms. The average Bonchev–Trinajstić information content (AvgIpc) is 2.13. The molecule has 108 valence electrons. The molecule has 0 bridgehead atoms. The van der Waals surface area contributed by atoms with Gasteiger partial charge < -0.3 is 5.11 Å². The van der Waals surface area contributed by atoms with Crippen LogP contribution in [0.3, 0.4) is 0 Å². The van der Waals surface area contributed by atoms with E-state index in [1.165, 1.54) is 0 Å². The predicted octanol–water partition coefficient (Wildman–Crippen LogP) is 3.77. The highest BCUT2D eigenvalue weighted by molar-refractivity contribution is 14.1. The topological polar surface area (TPSA) is 20.2 Å². The highest BCUT2D eigenvalue weighted by Crippen LogP contribution is 2.53. The van der Waals surface area contributed by atoms with Crippen molar-refractivity contribution in [1.29, 1.82) is 0 Å². The van der Waals surface area contributed by atoms with Crippen LogP contribution in [0.1, 0.15) is 0 Å². The van der Waals surface area contributed by atoms with Crippen molar-refractivity contribution in [3.8, 4) is 0 Å². The van der Waals surface area contributed by atoms with E-state index in [4.69, 9.17) is 5.11 Å². The lowest BCUT2D eigenvalue weighted by Gasteiger charge is -2.33. The van der Waals surface area contributed by atoms with Gasteiger partial charge in [-0.05, 0) is 28.7 Å². The van der Waals surface area contributed by atoms with E-state index in [-0.39, 0.29) is 0 Å². The molecular weight excluding hydrogens is 398 g/mol. The first kappa shape index (κ1) is 17.8. The van der Waals surface area contributed by atoms with Gasteiger partial charge in [-0.1, -0.05) is 0 Å². The van der Waals surface area contributed by atoms with E-state index in [0.717, 1.165) is 22.6 Å². The largest absolute Gasteiger partial charge is 0.457 e. The van der Waals surface area contributed by atoms with Crippen molar-refractivity contribution >= 4 is 22.6 Å². The molecule has 18 heavy (non-hydrogen) atoms. The van der Waals surface area contributed by atoms with Gasteiger partial charge in [0.15, 0.2) is 0 Å². The summed E-state index contributed by atoms with van der Waals surface area (Å²) >= 11 is 0.809. The Hall–Kier alpha value is -0.200. The summed E-state index contributed by atoms with van der Waals surface area (Å²) in [7, 11) is 0. The van der Waals surface area contributed by atoms with Crippen LogP contribution in [0.5, 0.6) is 0 Å². The van der Waals surface area contributed by atoms with E-state index in [9.17, 15) is 39.5 Å². The smallest absolute Gasteiger partial charge is 0.391 e. The molecule has 0 aromatic carbocycles. The molecule has 0 saturated carbocycles. The zero-order valence-corrected chi connectivity index (χ0v) is 10.2. The lowest BCUT2D eigenvalue weighted by molar-refractivity contribution is -0.369. The van der Waals surface area contributed by atoms with Crippen molar-refractivity contribution in [3.63, 3.8) is 0 Å². The summed E-state index contributed by atoms with van der Waals surface area (Å²) in [6.07, 6.45) is -14.2. The SMILES string of the molecule is OC/C(I)=C\C(F)(C(F)(F)F)C(F)(F)C(F)(F)F. The first-order valence-corrected chi connectivity index (χ1v) is 4.97. The number of aliphatic hydroxyl groups is 1. The van der Waals surface area contributed by atoms with Crippen LogP contribution in [0.2, 0.25) is 0 Å². The maximum atomic E-state index is 13.2. The molecule has 0 aromatic heterocycles. The van der Waals surface area contributed by atoms with E-state index in [0.29, 0.717) is 0 Å². The van der Waals surface area contributed by atoms with Gasteiger partial charge in [-0.25, -0.2) is 4.39 Å². The zero-order valence-electron chi connectivity index (χ0n) is 8.01. The third-order valence-corrected chi connectivity index (χ3v) is 2.38. The Morgan fingerprint density at radius 2 is 1.28 bits per heavy atom. The third-order valence-electron chi connectivity index (χ3n) is 1.73. The van der Waals surface area contributed by atoms with Crippen LogP contribution >= 0.6 is 22.6 Å². The molecule has 1 nitrogen and oxygen atoms in total. The third kappa shape index (κ3) is 3.03. The van der Waals surface area contributed by atoms with Crippen LogP contribution in [-0.2, 0) is 0 Å². The highest BCUT2D eigenvalue weighted by atomic mass is 127. The van der Waals surface area contributed by atoms with Gasteiger partial charge in [-0.2, -0.15) is 35.1 Å².